The second-order valence-corrected chi connectivity index (χ2v) is 8.55. The third-order valence-electron chi connectivity index (χ3n) is 6.31. The maximum atomic E-state index is 13.7. The van der Waals surface area contributed by atoms with E-state index in [0.717, 1.165) is 37.2 Å². The van der Waals surface area contributed by atoms with E-state index in [1.807, 2.05) is 36.4 Å². The number of nitrogens with zero attached hydrogens (tertiary/aromatic N) is 4. The van der Waals surface area contributed by atoms with Crippen LogP contribution in [0.5, 0.6) is 5.75 Å². The van der Waals surface area contributed by atoms with Crippen LogP contribution in [0.4, 0.5) is 11.4 Å². The Bertz CT molecular complexity index is 1320. The van der Waals surface area contributed by atoms with E-state index in [4.69, 9.17) is 9.47 Å². The average Bonchev–Trinajstić information content (AvgIpc) is 3.43. The van der Waals surface area contributed by atoms with E-state index in [9.17, 15) is 14.4 Å². The zero-order valence-corrected chi connectivity index (χ0v) is 19.5. The van der Waals surface area contributed by atoms with Crippen LogP contribution >= 0.6 is 0 Å². The minimum absolute atomic E-state index is 0.0861. The molecule has 35 heavy (non-hydrogen) atoms. The number of esters is 1. The second-order valence-electron chi connectivity index (χ2n) is 8.55. The van der Waals surface area contributed by atoms with E-state index in [1.165, 1.54) is 11.5 Å². The van der Waals surface area contributed by atoms with E-state index in [1.54, 1.807) is 11.1 Å². The molecule has 2 aliphatic heterocycles. The number of aromatic nitrogens is 2. The first-order chi connectivity index (χ1) is 17.1. The number of methoxy groups -OCH3 is 1. The fourth-order valence-corrected chi connectivity index (χ4v) is 4.49. The van der Waals surface area contributed by atoms with E-state index in [-0.39, 0.29) is 36.1 Å². The van der Waals surface area contributed by atoms with Gasteiger partial charge in [-0.1, -0.05) is 30.3 Å². The molecule has 1 amide bonds. The smallest absolute Gasteiger partial charge is 0.360 e. The van der Waals surface area contributed by atoms with Crippen LogP contribution in [0.25, 0.3) is 5.65 Å². The van der Waals surface area contributed by atoms with Gasteiger partial charge in [0.15, 0.2) is 11.3 Å². The second kappa shape index (κ2) is 9.75. The van der Waals surface area contributed by atoms with E-state index >= 15 is 0 Å². The summed E-state index contributed by atoms with van der Waals surface area (Å²) in [5, 5.41) is 3.06. The summed E-state index contributed by atoms with van der Waals surface area (Å²) >= 11 is 0. The molecular weight excluding hydrogens is 450 g/mol. The van der Waals surface area contributed by atoms with Crippen LogP contribution in [-0.2, 0) is 16.1 Å². The van der Waals surface area contributed by atoms with E-state index in [0.29, 0.717) is 18.8 Å². The first-order valence-electron chi connectivity index (χ1n) is 11.7. The number of nitrogens with one attached hydrogen (secondary N) is 1. The number of carbonyl (C=O) groups excluding carboxylic acids is 2. The maximum Gasteiger partial charge on any atom is 0.360 e. The van der Waals surface area contributed by atoms with Crippen LogP contribution in [0.15, 0.2) is 47.4 Å². The summed E-state index contributed by atoms with van der Waals surface area (Å²) in [7, 11) is 1.23. The van der Waals surface area contributed by atoms with Gasteiger partial charge >= 0.3 is 11.5 Å². The van der Waals surface area contributed by atoms with Crippen LogP contribution in [0.2, 0.25) is 0 Å². The Hall–Kier alpha value is -3.92. The molecule has 0 bridgehead atoms. The Balaban J connectivity index is 1.69. The van der Waals surface area contributed by atoms with Crippen LogP contribution < -0.4 is 25.4 Å². The molecule has 0 atom stereocenters. The number of carbonyl (C=O) groups is 2. The normalized spacial score (nSPS) is 16.1. The number of pyridine rings is 1. The minimum Gasteiger partial charge on any atom is -0.481 e. The van der Waals surface area contributed by atoms with Crippen molar-refractivity contribution in [3.8, 4) is 5.75 Å². The molecular formula is C25H27N5O5. The summed E-state index contributed by atoms with van der Waals surface area (Å²) in [5.74, 6) is -1.10. The number of hydrogen-bond donors (Lipinski definition) is 1. The van der Waals surface area contributed by atoms with Gasteiger partial charge < -0.3 is 24.6 Å². The van der Waals surface area contributed by atoms with Crippen molar-refractivity contribution >= 4 is 28.9 Å². The summed E-state index contributed by atoms with van der Waals surface area (Å²) in [6.07, 6.45) is 3.82. The van der Waals surface area contributed by atoms with Crippen molar-refractivity contribution in [1.29, 1.82) is 0 Å². The lowest BCUT2D eigenvalue weighted by Gasteiger charge is -2.29. The minimum atomic E-state index is -0.783. The van der Waals surface area contributed by atoms with Crippen molar-refractivity contribution in [2.24, 2.45) is 0 Å². The highest BCUT2D eigenvalue weighted by Crippen LogP contribution is 2.30. The van der Waals surface area contributed by atoms with E-state index < -0.39 is 11.5 Å². The predicted octanol–water partition coefficient (Wildman–Crippen LogP) is 1.60. The maximum absolute atomic E-state index is 13.7. The molecule has 10 heteroatoms. The number of hydrogen-bond acceptors (Lipinski definition) is 8. The Morgan fingerprint density at radius 2 is 1.89 bits per heavy atom. The van der Waals surface area contributed by atoms with Gasteiger partial charge in [-0.3, -0.25) is 14.0 Å². The molecule has 2 saturated heterocycles. The van der Waals surface area contributed by atoms with Crippen LogP contribution in [0.3, 0.4) is 0 Å². The fourth-order valence-electron chi connectivity index (χ4n) is 4.49. The number of piperazine rings is 1. The lowest BCUT2D eigenvalue weighted by molar-refractivity contribution is -0.118. The zero-order valence-electron chi connectivity index (χ0n) is 19.5. The molecule has 2 aliphatic rings. The van der Waals surface area contributed by atoms with Gasteiger partial charge in [-0.05, 0) is 24.5 Å². The highest BCUT2D eigenvalue weighted by atomic mass is 16.5. The molecule has 0 spiro atoms. The van der Waals surface area contributed by atoms with Crippen molar-refractivity contribution in [2.45, 2.75) is 19.4 Å². The number of benzene rings is 1. The van der Waals surface area contributed by atoms with Crippen molar-refractivity contribution in [2.75, 3.05) is 49.6 Å². The third kappa shape index (κ3) is 4.44. The molecule has 0 saturated carbocycles. The molecule has 0 radical (unpaired) electrons. The predicted molar refractivity (Wildman–Crippen MR) is 130 cm³/mol. The van der Waals surface area contributed by atoms with E-state index in [2.05, 4.69) is 15.2 Å². The quantitative estimate of drug-likeness (QED) is 0.534. The molecule has 1 N–H and O–H groups in total. The van der Waals surface area contributed by atoms with Gasteiger partial charge in [0, 0.05) is 32.4 Å². The van der Waals surface area contributed by atoms with Gasteiger partial charge in [-0.2, -0.15) is 0 Å². The molecule has 5 rings (SSSR count). The van der Waals surface area contributed by atoms with Gasteiger partial charge in [-0.15, -0.1) is 0 Å². The molecule has 0 unspecified atom stereocenters. The van der Waals surface area contributed by atoms with Crippen molar-refractivity contribution in [1.82, 2.24) is 14.7 Å². The van der Waals surface area contributed by atoms with Gasteiger partial charge in [0.25, 0.3) is 0 Å². The molecule has 4 heterocycles. The average molecular weight is 478 g/mol. The van der Waals surface area contributed by atoms with Crippen molar-refractivity contribution < 1.29 is 19.1 Å². The van der Waals surface area contributed by atoms with Crippen molar-refractivity contribution in [3.05, 3.63) is 64.2 Å². The van der Waals surface area contributed by atoms with Crippen LogP contribution in [-0.4, -0.2) is 61.1 Å². The summed E-state index contributed by atoms with van der Waals surface area (Å²) in [5.41, 5.74) is 1.60. The molecule has 2 fully saturated rings. The SMILES string of the molecule is COC(=O)c1nc2c(N3CCNCC3=O)cc(N3CCCC3)cn2c(=O)c1OCc1ccccc1. The first-order valence-corrected chi connectivity index (χ1v) is 11.7. The molecule has 10 nitrogen and oxygen atoms in total. The van der Waals surface area contributed by atoms with Gasteiger partial charge in [0.1, 0.15) is 6.61 Å². The molecule has 1 aromatic carbocycles. The summed E-state index contributed by atoms with van der Waals surface area (Å²) in [4.78, 5) is 47.5. The van der Waals surface area contributed by atoms with Gasteiger partial charge in [-0.25, -0.2) is 9.78 Å². The standard InChI is InChI=1S/C25H27N5O5/c1-34-25(33)21-22(35-16-17-7-3-2-4-8-17)24(32)30-15-18(28-10-5-6-11-28)13-19(23(30)27-21)29-12-9-26-14-20(29)31/h2-4,7-8,13,15,26H,5-6,9-12,14,16H2,1H3. The van der Waals surface area contributed by atoms with Crippen LogP contribution in [0, 0.1) is 0 Å². The number of anilines is 2. The number of rotatable bonds is 6. The Labute approximate surface area is 202 Å². The Morgan fingerprint density at radius 1 is 1.11 bits per heavy atom. The van der Waals surface area contributed by atoms with Gasteiger partial charge in [0.2, 0.25) is 11.7 Å². The molecule has 182 valence electrons. The van der Waals surface area contributed by atoms with Crippen molar-refractivity contribution in [3.63, 3.8) is 0 Å². The highest BCUT2D eigenvalue weighted by Gasteiger charge is 2.28. The first kappa shape index (κ1) is 22.9. The van der Waals surface area contributed by atoms with Gasteiger partial charge in [0.05, 0.1) is 25.0 Å². The fraction of sp³-hybridized carbons (Fsp3) is 0.360. The topological polar surface area (TPSA) is 105 Å². The summed E-state index contributed by atoms with van der Waals surface area (Å²) in [6, 6.07) is 11.2. The molecule has 2 aromatic heterocycles. The lowest BCUT2D eigenvalue weighted by atomic mass is 10.2. The molecule has 3 aromatic rings. The van der Waals surface area contributed by atoms with Crippen LogP contribution in [0.1, 0.15) is 28.9 Å². The summed E-state index contributed by atoms with van der Waals surface area (Å²) < 4.78 is 12.2. The third-order valence-corrected chi connectivity index (χ3v) is 6.31. The zero-order chi connectivity index (χ0) is 24.4. The Morgan fingerprint density at radius 3 is 2.60 bits per heavy atom. The largest absolute Gasteiger partial charge is 0.481 e. The number of amides is 1. The summed E-state index contributed by atoms with van der Waals surface area (Å²) in [6.45, 7) is 3.03. The molecule has 0 aliphatic carbocycles. The number of fused-ring (bicyclic) bond motifs is 1. The number of ether oxygens (including phenoxy) is 2. The lowest BCUT2D eigenvalue weighted by Crippen LogP contribution is -2.48. The highest BCUT2D eigenvalue weighted by molar-refractivity contribution is 6.00. The monoisotopic (exact) mass is 477 g/mol. The Kier molecular flexibility index (Phi) is 6.37.